The average molecular weight is 267 g/mol. The molecule has 5 heteroatoms. The van der Waals surface area contributed by atoms with Gasteiger partial charge in [0.05, 0.1) is 13.2 Å². The summed E-state index contributed by atoms with van der Waals surface area (Å²) in [5.41, 5.74) is 1.55. The van der Waals surface area contributed by atoms with Crippen molar-refractivity contribution >= 4 is 5.91 Å². The zero-order chi connectivity index (χ0) is 13.5. The van der Waals surface area contributed by atoms with E-state index in [0.29, 0.717) is 19.6 Å². The molecule has 0 N–H and O–H groups in total. The summed E-state index contributed by atoms with van der Waals surface area (Å²) in [7, 11) is 0. The van der Waals surface area contributed by atoms with Crippen LogP contribution in [0.1, 0.15) is 24.0 Å². The Morgan fingerprint density at radius 1 is 1.37 bits per heavy atom. The van der Waals surface area contributed by atoms with E-state index in [1.54, 1.807) is 0 Å². The van der Waals surface area contributed by atoms with E-state index in [0.717, 1.165) is 17.5 Å². The lowest BCUT2D eigenvalue weighted by Gasteiger charge is -2.40. The Morgan fingerprint density at radius 3 is 2.95 bits per heavy atom. The molecule has 0 aliphatic carbocycles. The Bertz CT molecular complexity index is 502. The van der Waals surface area contributed by atoms with Gasteiger partial charge in [-0.15, -0.1) is 0 Å². The largest absolute Gasteiger partial charge is 0.364 e. The van der Waals surface area contributed by atoms with Gasteiger partial charge in [-0.3, -0.25) is 4.79 Å². The summed E-state index contributed by atoms with van der Waals surface area (Å²) in [5, 5.41) is 0. The molecule has 1 aromatic rings. The predicted octanol–water partition coefficient (Wildman–Crippen LogP) is 2.30. The Morgan fingerprint density at radius 2 is 2.16 bits per heavy atom. The normalized spacial score (nSPS) is 25.9. The monoisotopic (exact) mass is 267 g/mol. The molecule has 0 aromatic heterocycles. The maximum absolute atomic E-state index is 12.6. The summed E-state index contributed by atoms with van der Waals surface area (Å²) in [5.74, 6) is -1.09. The van der Waals surface area contributed by atoms with Crippen LogP contribution in [0, 0.1) is 0 Å². The number of piperidine rings is 1. The number of fused-ring (bicyclic) bond motifs is 2. The van der Waals surface area contributed by atoms with Crippen molar-refractivity contribution in [2.24, 2.45) is 0 Å². The third kappa shape index (κ3) is 2.02. The first-order valence-electron chi connectivity index (χ1n) is 6.42. The lowest BCUT2D eigenvalue weighted by atomic mass is 9.85. The molecule has 2 aliphatic heterocycles. The lowest BCUT2D eigenvalue weighted by molar-refractivity contribution is -0.153. The SMILES string of the molecule is O=C(C(F)F)N1CCCC2(C1)OCc1ccccc12. The molecule has 0 radical (unpaired) electrons. The molecule has 0 bridgehead atoms. The van der Waals surface area contributed by atoms with Gasteiger partial charge in [0.1, 0.15) is 5.60 Å². The number of carbonyl (C=O) groups is 1. The standard InChI is InChI=1S/C14H15F2NO2/c15-12(16)13(18)17-7-3-6-14(9-17)11-5-2-1-4-10(11)8-19-14/h1-2,4-5,12H,3,6-9H2. The van der Waals surface area contributed by atoms with E-state index in [-0.39, 0.29) is 6.54 Å². The van der Waals surface area contributed by atoms with Crippen LogP contribution < -0.4 is 0 Å². The van der Waals surface area contributed by atoms with E-state index in [9.17, 15) is 13.6 Å². The van der Waals surface area contributed by atoms with E-state index >= 15 is 0 Å². The number of hydrogen-bond donors (Lipinski definition) is 0. The molecular formula is C14H15F2NO2. The number of likely N-dealkylation sites (tertiary alicyclic amines) is 1. The molecule has 1 unspecified atom stereocenters. The summed E-state index contributed by atoms with van der Waals surface area (Å²) in [4.78, 5) is 12.7. The van der Waals surface area contributed by atoms with Crippen molar-refractivity contribution < 1.29 is 18.3 Å². The maximum Gasteiger partial charge on any atom is 0.315 e. The van der Waals surface area contributed by atoms with Crippen LogP contribution in [0.3, 0.4) is 0 Å². The highest BCUT2D eigenvalue weighted by atomic mass is 19.3. The van der Waals surface area contributed by atoms with Gasteiger partial charge in [-0.25, -0.2) is 0 Å². The van der Waals surface area contributed by atoms with Crippen molar-refractivity contribution in [3.05, 3.63) is 35.4 Å². The molecule has 2 heterocycles. The van der Waals surface area contributed by atoms with E-state index in [1.165, 1.54) is 4.90 Å². The maximum atomic E-state index is 12.6. The highest BCUT2D eigenvalue weighted by Gasteiger charge is 2.45. The highest BCUT2D eigenvalue weighted by molar-refractivity contribution is 5.79. The van der Waals surface area contributed by atoms with Crippen LogP contribution in [0.5, 0.6) is 0 Å². The van der Waals surface area contributed by atoms with Crippen LogP contribution in [0.25, 0.3) is 0 Å². The number of hydrogen-bond acceptors (Lipinski definition) is 2. The molecule has 3 rings (SSSR count). The van der Waals surface area contributed by atoms with Crippen LogP contribution in [0.15, 0.2) is 24.3 Å². The van der Waals surface area contributed by atoms with Gasteiger partial charge in [0.15, 0.2) is 0 Å². The topological polar surface area (TPSA) is 29.5 Å². The molecule has 102 valence electrons. The number of nitrogens with zero attached hydrogens (tertiary/aromatic N) is 1. The minimum atomic E-state index is -2.94. The predicted molar refractivity (Wildman–Crippen MR) is 64.7 cm³/mol. The molecule has 0 saturated carbocycles. The summed E-state index contributed by atoms with van der Waals surface area (Å²) >= 11 is 0. The zero-order valence-corrected chi connectivity index (χ0v) is 10.4. The molecule has 1 aromatic carbocycles. The third-order valence-corrected chi connectivity index (χ3v) is 3.97. The molecule has 3 nitrogen and oxygen atoms in total. The summed E-state index contributed by atoms with van der Waals surface area (Å²) in [6.07, 6.45) is -1.48. The Hall–Kier alpha value is -1.49. The summed E-state index contributed by atoms with van der Waals surface area (Å²) < 4.78 is 31.0. The second kappa shape index (κ2) is 4.56. The quantitative estimate of drug-likeness (QED) is 0.781. The number of ether oxygens (including phenoxy) is 1. The average Bonchev–Trinajstić information content (AvgIpc) is 2.77. The van der Waals surface area contributed by atoms with Gasteiger partial charge >= 0.3 is 6.43 Å². The molecule has 2 aliphatic rings. The summed E-state index contributed by atoms with van der Waals surface area (Å²) in [6, 6.07) is 7.81. The number of rotatable bonds is 1. The number of carbonyl (C=O) groups excluding carboxylic acids is 1. The fourth-order valence-electron chi connectivity index (χ4n) is 3.07. The lowest BCUT2D eigenvalue weighted by Crippen LogP contribution is -2.50. The fraction of sp³-hybridized carbons (Fsp3) is 0.500. The minimum Gasteiger partial charge on any atom is -0.364 e. The first kappa shape index (κ1) is 12.5. The van der Waals surface area contributed by atoms with Crippen molar-refractivity contribution in [1.29, 1.82) is 0 Å². The van der Waals surface area contributed by atoms with Crippen LogP contribution in [0.4, 0.5) is 8.78 Å². The number of alkyl halides is 2. The Labute approximate surface area is 110 Å². The highest BCUT2D eigenvalue weighted by Crippen LogP contribution is 2.42. The number of benzene rings is 1. The van der Waals surface area contributed by atoms with Crippen molar-refractivity contribution in [2.75, 3.05) is 13.1 Å². The smallest absolute Gasteiger partial charge is 0.315 e. The second-order valence-corrected chi connectivity index (χ2v) is 5.10. The fourth-order valence-corrected chi connectivity index (χ4v) is 3.07. The number of amides is 1. The van der Waals surface area contributed by atoms with E-state index in [2.05, 4.69) is 0 Å². The summed E-state index contributed by atoms with van der Waals surface area (Å²) in [6.45, 7) is 1.11. The van der Waals surface area contributed by atoms with E-state index in [1.807, 2.05) is 24.3 Å². The van der Waals surface area contributed by atoms with E-state index in [4.69, 9.17) is 4.74 Å². The van der Waals surface area contributed by atoms with Gasteiger partial charge in [-0.2, -0.15) is 8.78 Å². The van der Waals surface area contributed by atoms with Crippen molar-refractivity contribution in [3.8, 4) is 0 Å². The van der Waals surface area contributed by atoms with Crippen LogP contribution in [0.2, 0.25) is 0 Å². The van der Waals surface area contributed by atoms with Crippen LogP contribution >= 0.6 is 0 Å². The first-order chi connectivity index (χ1) is 9.12. The molecule has 1 spiro atoms. The van der Waals surface area contributed by atoms with Gasteiger partial charge in [-0.1, -0.05) is 24.3 Å². The molecule has 1 atom stereocenters. The molecule has 19 heavy (non-hydrogen) atoms. The van der Waals surface area contributed by atoms with Crippen LogP contribution in [-0.2, 0) is 21.7 Å². The number of halogens is 2. The van der Waals surface area contributed by atoms with Crippen molar-refractivity contribution in [1.82, 2.24) is 4.90 Å². The van der Waals surface area contributed by atoms with Gasteiger partial charge in [0.25, 0.3) is 5.91 Å². The molecule has 1 fully saturated rings. The Balaban J connectivity index is 1.88. The Kier molecular flexibility index (Phi) is 3.01. The van der Waals surface area contributed by atoms with Gasteiger partial charge in [-0.05, 0) is 24.0 Å². The van der Waals surface area contributed by atoms with Crippen LogP contribution in [-0.4, -0.2) is 30.3 Å². The molecule has 1 saturated heterocycles. The van der Waals surface area contributed by atoms with Crippen molar-refractivity contribution in [3.63, 3.8) is 0 Å². The van der Waals surface area contributed by atoms with Gasteiger partial charge < -0.3 is 9.64 Å². The first-order valence-corrected chi connectivity index (χ1v) is 6.42. The third-order valence-electron chi connectivity index (χ3n) is 3.97. The van der Waals surface area contributed by atoms with E-state index < -0.39 is 17.9 Å². The van der Waals surface area contributed by atoms with Crippen molar-refractivity contribution in [2.45, 2.75) is 31.5 Å². The second-order valence-electron chi connectivity index (χ2n) is 5.10. The van der Waals surface area contributed by atoms with Gasteiger partial charge in [0, 0.05) is 6.54 Å². The molecule has 1 amide bonds. The van der Waals surface area contributed by atoms with Gasteiger partial charge in [0.2, 0.25) is 0 Å². The molecular weight excluding hydrogens is 252 g/mol. The minimum absolute atomic E-state index is 0.229. The zero-order valence-electron chi connectivity index (χ0n) is 10.4.